The van der Waals surface area contributed by atoms with E-state index in [9.17, 15) is 4.79 Å². The van der Waals surface area contributed by atoms with Crippen LogP contribution in [0.5, 0.6) is 17.2 Å². The van der Waals surface area contributed by atoms with Gasteiger partial charge in [0.25, 0.3) is 0 Å². The zero-order valence-corrected chi connectivity index (χ0v) is 22.0. The van der Waals surface area contributed by atoms with Gasteiger partial charge in [-0.05, 0) is 74.2 Å². The van der Waals surface area contributed by atoms with Crippen molar-refractivity contribution in [2.45, 2.75) is 27.2 Å². The van der Waals surface area contributed by atoms with Gasteiger partial charge in [-0.2, -0.15) is 0 Å². The van der Waals surface area contributed by atoms with Crippen LogP contribution in [0.4, 0.5) is 0 Å². The fourth-order valence-corrected chi connectivity index (χ4v) is 4.48. The molecular weight excluding hydrogens is 466 g/mol. The number of ether oxygens (including phenoxy) is 3. The maximum Gasteiger partial charge on any atom is 0.244 e. The number of hydrogen-bond acceptors (Lipinski definition) is 5. The van der Waals surface area contributed by atoms with Crippen LogP contribution < -0.4 is 19.5 Å². The number of fused-ring (bicyclic) bond motifs is 1. The number of rotatable bonds is 10. The number of nitrogens with one attached hydrogen (secondary N) is 1. The number of amides is 1. The zero-order valence-electron chi connectivity index (χ0n) is 22.0. The number of carbonyl (C=O) groups excluding carboxylic acids is 1. The lowest BCUT2D eigenvalue weighted by Gasteiger charge is -2.13. The van der Waals surface area contributed by atoms with Gasteiger partial charge in [0.15, 0.2) is 0 Å². The van der Waals surface area contributed by atoms with Crippen molar-refractivity contribution in [2.75, 3.05) is 27.4 Å². The molecule has 6 nitrogen and oxygen atoms in total. The number of benzene rings is 3. The molecule has 3 aromatic carbocycles. The van der Waals surface area contributed by atoms with Crippen molar-refractivity contribution < 1.29 is 23.4 Å². The van der Waals surface area contributed by atoms with Gasteiger partial charge < -0.3 is 23.9 Å². The van der Waals surface area contributed by atoms with E-state index in [0.717, 1.165) is 55.9 Å². The summed E-state index contributed by atoms with van der Waals surface area (Å²) >= 11 is 0. The first kappa shape index (κ1) is 25.9. The maximum absolute atomic E-state index is 12.7. The van der Waals surface area contributed by atoms with Gasteiger partial charge in [-0.1, -0.05) is 24.3 Å². The van der Waals surface area contributed by atoms with E-state index in [0.29, 0.717) is 25.3 Å². The van der Waals surface area contributed by atoms with Crippen LogP contribution in [0.25, 0.3) is 27.7 Å². The Hall–Kier alpha value is -4.19. The van der Waals surface area contributed by atoms with E-state index >= 15 is 0 Å². The second kappa shape index (κ2) is 11.7. The van der Waals surface area contributed by atoms with Crippen LogP contribution in [0.2, 0.25) is 0 Å². The Bertz CT molecular complexity index is 1420. The predicted octanol–water partition coefficient (Wildman–Crippen LogP) is 6.59. The van der Waals surface area contributed by atoms with Gasteiger partial charge in [-0.3, -0.25) is 4.79 Å². The molecule has 192 valence electrons. The molecule has 0 aliphatic carbocycles. The van der Waals surface area contributed by atoms with Crippen LogP contribution in [-0.4, -0.2) is 33.3 Å². The molecule has 0 aliphatic rings. The Morgan fingerprint density at radius 1 is 1.03 bits per heavy atom. The summed E-state index contributed by atoms with van der Waals surface area (Å²) in [6, 6.07) is 17.8. The summed E-state index contributed by atoms with van der Waals surface area (Å²) in [7, 11) is 3.28. The normalized spacial score (nSPS) is 11.4. The largest absolute Gasteiger partial charge is 0.497 e. The smallest absolute Gasteiger partial charge is 0.244 e. The predicted molar refractivity (Wildman–Crippen MR) is 147 cm³/mol. The Morgan fingerprint density at radius 3 is 2.51 bits per heavy atom. The number of aryl methyl sites for hydroxylation is 1. The standard InChI is InChI=1S/C31H33NO5/c1-6-36-24-12-10-23(11-13-24)28-19-37-31-21(3)30(35-5)26(18-27(28)31)20(2)16-29(33)32-15-14-22-8-7-9-25(17-22)34-4/h7-13,16-19H,6,14-15H2,1-5H3,(H,32,33)/b20-16+. The molecule has 6 heteroatoms. The molecule has 4 rings (SSSR count). The molecule has 0 saturated heterocycles. The quantitative estimate of drug-likeness (QED) is 0.249. The molecule has 0 bridgehead atoms. The summed E-state index contributed by atoms with van der Waals surface area (Å²) in [5.41, 5.74) is 6.40. The molecule has 0 radical (unpaired) electrons. The van der Waals surface area contributed by atoms with Gasteiger partial charge in [0.2, 0.25) is 5.91 Å². The summed E-state index contributed by atoms with van der Waals surface area (Å²) in [6.07, 6.45) is 4.09. The van der Waals surface area contributed by atoms with Gasteiger partial charge in [0.1, 0.15) is 22.8 Å². The van der Waals surface area contributed by atoms with Gasteiger partial charge in [-0.25, -0.2) is 0 Å². The van der Waals surface area contributed by atoms with Crippen molar-refractivity contribution in [2.24, 2.45) is 0 Å². The Morgan fingerprint density at radius 2 is 1.81 bits per heavy atom. The summed E-state index contributed by atoms with van der Waals surface area (Å²) in [5, 5.41) is 3.94. The minimum atomic E-state index is -0.154. The molecule has 0 spiro atoms. The molecule has 0 atom stereocenters. The number of hydrogen-bond donors (Lipinski definition) is 1. The fourth-order valence-electron chi connectivity index (χ4n) is 4.48. The third kappa shape index (κ3) is 5.80. The van der Waals surface area contributed by atoms with Crippen LogP contribution in [0.15, 0.2) is 71.4 Å². The number of furan rings is 1. The van der Waals surface area contributed by atoms with Crippen LogP contribution >= 0.6 is 0 Å². The highest BCUT2D eigenvalue weighted by molar-refractivity contribution is 6.01. The molecule has 0 fully saturated rings. The molecule has 0 unspecified atom stereocenters. The highest BCUT2D eigenvalue weighted by atomic mass is 16.5. The summed E-state index contributed by atoms with van der Waals surface area (Å²) < 4.78 is 22.6. The van der Waals surface area contributed by atoms with E-state index in [-0.39, 0.29) is 5.91 Å². The van der Waals surface area contributed by atoms with E-state index < -0.39 is 0 Å². The first-order valence-corrected chi connectivity index (χ1v) is 12.4. The Labute approximate surface area is 217 Å². The van der Waals surface area contributed by atoms with E-state index in [4.69, 9.17) is 18.6 Å². The molecule has 1 N–H and O–H groups in total. The molecule has 37 heavy (non-hydrogen) atoms. The van der Waals surface area contributed by atoms with Crippen molar-refractivity contribution in [3.63, 3.8) is 0 Å². The van der Waals surface area contributed by atoms with Gasteiger partial charge in [0.05, 0.1) is 27.1 Å². The summed E-state index contributed by atoms with van der Waals surface area (Å²) in [6.45, 7) is 7.00. The van der Waals surface area contributed by atoms with E-state index in [1.165, 1.54) is 0 Å². The number of methoxy groups -OCH3 is 2. The van der Waals surface area contributed by atoms with Gasteiger partial charge in [-0.15, -0.1) is 0 Å². The lowest BCUT2D eigenvalue weighted by molar-refractivity contribution is -0.116. The second-order valence-electron chi connectivity index (χ2n) is 8.79. The number of allylic oxidation sites excluding steroid dienone is 1. The van der Waals surface area contributed by atoms with Gasteiger partial charge >= 0.3 is 0 Å². The number of carbonyl (C=O) groups is 1. The average molecular weight is 500 g/mol. The highest BCUT2D eigenvalue weighted by Crippen LogP contribution is 2.40. The van der Waals surface area contributed by atoms with Gasteiger partial charge in [0, 0.05) is 34.7 Å². The lowest BCUT2D eigenvalue weighted by Crippen LogP contribution is -2.23. The van der Waals surface area contributed by atoms with Crippen molar-refractivity contribution in [1.29, 1.82) is 0 Å². The molecule has 0 aliphatic heterocycles. The Kier molecular flexibility index (Phi) is 8.18. The maximum atomic E-state index is 12.7. The molecular formula is C31H33NO5. The molecule has 0 saturated carbocycles. The van der Waals surface area contributed by atoms with Crippen LogP contribution in [-0.2, 0) is 11.2 Å². The van der Waals surface area contributed by atoms with E-state index in [1.807, 2.05) is 75.4 Å². The first-order valence-electron chi connectivity index (χ1n) is 12.4. The molecule has 1 heterocycles. The van der Waals surface area contributed by atoms with E-state index in [1.54, 1.807) is 26.6 Å². The van der Waals surface area contributed by atoms with E-state index in [2.05, 4.69) is 5.32 Å². The lowest BCUT2D eigenvalue weighted by atomic mass is 9.96. The third-order valence-electron chi connectivity index (χ3n) is 6.34. The monoisotopic (exact) mass is 499 g/mol. The fraction of sp³-hybridized carbons (Fsp3) is 0.258. The molecule has 1 aromatic heterocycles. The van der Waals surface area contributed by atoms with Crippen LogP contribution in [0.1, 0.15) is 30.5 Å². The van der Waals surface area contributed by atoms with Crippen LogP contribution in [0.3, 0.4) is 0 Å². The molecule has 1 amide bonds. The topological polar surface area (TPSA) is 69.9 Å². The minimum Gasteiger partial charge on any atom is -0.497 e. The average Bonchev–Trinajstić information content (AvgIpc) is 3.33. The second-order valence-corrected chi connectivity index (χ2v) is 8.79. The van der Waals surface area contributed by atoms with Crippen molar-refractivity contribution >= 4 is 22.4 Å². The Balaban J connectivity index is 1.58. The highest BCUT2D eigenvalue weighted by Gasteiger charge is 2.19. The SMILES string of the molecule is CCOc1ccc(-c2coc3c(C)c(OC)c(/C(C)=C/C(=O)NCCc4cccc(OC)c4)cc23)cc1. The first-order chi connectivity index (χ1) is 17.9. The van der Waals surface area contributed by atoms with Crippen molar-refractivity contribution in [3.8, 4) is 28.4 Å². The zero-order chi connectivity index (χ0) is 26.4. The van der Waals surface area contributed by atoms with Crippen molar-refractivity contribution in [1.82, 2.24) is 5.32 Å². The molecule has 4 aromatic rings. The minimum absolute atomic E-state index is 0.154. The summed E-state index contributed by atoms with van der Waals surface area (Å²) in [4.78, 5) is 12.7. The third-order valence-corrected chi connectivity index (χ3v) is 6.34. The summed E-state index contributed by atoms with van der Waals surface area (Å²) in [5.74, 6) is 2.17. The van der Waals surface area contributed by atoms with Crippen LogP contribution in [0, 0.1) is 6.92 Å². The van der Waals surface area contributed by atoms with Crippen molar-refractivity contribution in [3.05, 3.63) is 83.6 Å².